The minimum Gasteiger partial charge on any atom is -0.494 e. The smallest absolute Gasteiger partial charge is 0.291 e. The minimum atomic E-state index is -0.398. The molecule has 0 spiro atoms. The first-order valence-corrected chi connectivity index (χ1v) is 10.5. The molecule has 7 nitrogen and oxygen atoms in total. The lowest BCUT2D eigenvalue weighted by molar-refractivity contribution is 0.0996. The van der Waals surface area contributed by atoms with Gasteiger partial charge < -0.3 is 24.5 Å². The number of carbonyl (C=O) groups excluding carboxylic acids is 2. The summed E-state index contributed by atoms with van der Waals surface area (Å²) in [7, 11) is 1.49. The Kier molecular flexibility index (Phi) is 6.31. The van der Waals surface area contributed by atoms with Crippen molar-refractivity contribution in [3.8, 4) is 11.5 Å². The number of fused-ring (bicyclic) bond motifs is 1. The van der Waals surface area contributed by atoms with Crippen molar-refractivity contribution in [1.29, 1.82) is 0 Å². The first kappa shape index (κ1) is 22.0. The Morgan fingerprint density at radius 3 is 2.33 bits per heavy atom. The van der Waals surface area contributed by atoms with Crippen LogP contribution in [-0.4, -0.2) is 25.0 Å². The molecule has 0 aliphatic carbocycles. The third-order valence-corrected chi connectivity index (χ3v) is 4.85. The molecule has 0 fully saturated rings. The lowest BCUT2D eigenvalue weighted by Gasteiger charge is -2.13. The highest BCUT2D eigenvalue weighted by Crippen LogP contribution is 2.29. The second kappa shape index (κ2) is 9.48. The van der Waals surface area contributed by atoms with Gasteiger partial charge in [0.2, 0.25) is 0 Å². The average molecular weight is 444 g/mol. The molecule has 1 aromatic heterocycles. The summed E-state index contributed by atoms with van der Waals surface area (Å²) in [6.07, 6.45) is 0.0583. The van der Waals surface area contributed by atoms with Crippen molar-refractivity contribution < 1.29 is 23.5 Å². The quantitative estimate of drug-likeness (QED) is 0.380. The van der Waals surface area contributed by atoms with Gasteiger partial charge >= 0.3 is 0 Å². The second-order valence-corrected chi connectivity index (χ2v) is 7.66. The van der Waals surface area contributed by atoms with Crippen molar-refractivity contribution in [1.82, 2.24) is 0 Å². The van der Waals surface area contributed by atoms with Gasteiger partial charge in [0.1, 0.15) is 17.1 Å². The van der Waals surface area contributed by atoms with Crippen LogP contribution in [0.2, 0.25) is 0 Å². The molecule has 0 saturated heterocycles. The van der Waals surface area contributed by atoms with Gasteiger partial charge in [0.15, 0.2) is 5.76 Å². The normalized spacial score (nSPS) is 10.8. The zero-order valence-electron chi connectivity index (χ0n) is 18.5. The number of carbonyl (C=O) groups is 2. The van der Waals surface area contributed by atoms with Crippen LogP contribution in [0.4, 0.5) is 11.4 Å². The van der Waals surface area contributed by atoms with Crippen LogP contribution >= 0.6 is 0 Å². The molecule has 0 atom stereocenters. The highest BCUT2D eigenvalue weighted by molar-refractivity contribution is 6.06. The second-order valence-electron chi connectivity index (χ2n) is 7.66. The summed E-state index contributed by atoms with van der Waals surface area (Å²) >= 11 is 0. The van der Waals surface area contributed by atoms with E-state index in [4.69, 9.17) is 13.9 Å². The maximum absolute atomic E-state index is 12.7. The number of anilines is 2. The molecule has 0 bridgehead atoms. The highest BCUT2D eigenvalue weighted by atomic mass is 16.5. The number of hydrogen-bond acceptors (Lipinski definition) is 5. The van der Waals surface area contributed by atoms with E-state index in [1.165, 1.54) is 7.11 Å². The van der Waals surface area contributed by atoms with E-state index in [1.54, 1.807) is 54.6 Å². The van der Waals surface area contributed by atoms with Crippen LogP contribution in [0.5, 0.6) is 11.5 Å². The average Bonchev–Trinajstić information content (AvgIpc) is 3.24. The van der Waals surface area contributed by atoms with Crippen LogP contribution in [0.3, 0.4) is 0 Å². The van der Waals surface area contributed by atoms with Crippen molar-refractivity contribution in [3.63, 3.8) is 0 Å². The Labute approximate surface area is 191 Å². The minimum absolute atomic E-state index is 0.0583. The first-order valence-electron chi connectivity index (χ1n) is 10.5. The van der Waals surface area contributed by atoms with Crippen molar-refractivity contribution in [2.45, 2.75) is 20.0 Å². The molecule has 0 aliphatic rings. The predicted molar refractivity (Wildman–Crippen MR) is 127 cm³/mol. The number of furan rings is 1. The zero-order chi connectivity index (χ0) is 23.4. The van der Waals surface area contributed by atoms with Gasteiger partial charge in [0.05, 0.1) is 18.9 Å². The Bertz CT molecular complexity index is 1260. The summed E-state index contributed by atoms with van der Waals surface area (Å²) in [5, 5.41) is 6.46. The van der Waals surface area contributed by atoms with Gasteiger partial charge in [-0.2, -0.15) is 0 Å². The molecule has 2 amide bonds. The standard InChI is InChI=1S/C26H24N2O5/c1-16(2)32-20-11-8-17(9-12-20)25(29)27-19-10-13-21(23(15-19)31-3)28-26(30)24-14-18-6-4-5-7-22(18)33-24/h4-16H,1-3H3,(H,27,29)(H,28,30). The van der Waals surface area contributed by atoms with Crippen molar-refractivity contribution >= 4 is 34.2 Å². The maximum atomic E-state index is 12.7. The zero-order valence-corrected chi connectivity index (χ0v) is 18.5. The maximum Gasteiger partial charge on any atom is 0.291 e. The number of amides is 2. The molecular weight excluding hydrogens is 420 g/mol. The number of methoxy groups -OCH3 is 1. The summed E-state index contributed by atoms with van der Waals surface area (Å²) in [5.41, 5.74) is 2.11. The van der Waals surface area contributed by atoms with Crippen LogP contribution in [0.1, 0.15) is 34.8 Å². The van der Waals surface area contributed by atoms with Crippen LogP contribution in [0.15, 0.2) is 77.2 Å². The molecule has 1 heterocycles. The SMILES string of the molecule is COc1cc(NC(=O)c2ccc(OC(C)C)cc2)ccc1NC(=O)c1cc2ccccc2o1. The predicted octanol–water partition coefficient (Wildman–Crippen LogP) is 5.73. The third kappa shape index (κ3) is 5.15. The number of para-hydroxylation sites is 1. The van der Waals surface area contributed by atoms with E-state index < -0.39 is 5.91 Å². The van der Waals surface area contributed by atoms with Crippen LogP contribution in [0.25, 0.3) is 11.0 Å². The van der Waals surface area contributed by atoms with E-state index in [9.17, 15) is 9.59 Å². The monoisotopic (exact) mass is 444 g/mol. The largest absolute Gasteiger partial charge is 0.494 e. The van der Waals surface area contributed by atoms with E-state index in [0.717, 1.165) is 5.39 Å². The molecule has 0 saturated carbocycles. The molecule has 0 radical (unpaired) electrons. The van der Waals surface area contributed by atoms with Crippen molar-refractivity contribution in [3.05, 3.63) is 84.1 Å². The molecule has 168 valence electrons. The van der Waals surface area contributed by atoms with E-state index in [0.29, 0.717) is 34.0 Å². The lowest BCUT2D eigenvalue weighted by atomic mass is 10.2. The Balaban J connectivity index is 1.46. The Morgan fingerprint density at radius 2 is 1.64 bits per heavy atom. The van der Waals surface area contributed by atoms with Gasteiger partial charge in [-0.25, -0.2) is 0 Å². The summed E-state index contributed by atoms with van der Waals surface area (Å²) < 4.78 is 16.6. The first-order chi connectivity index (χ1) is 15.9. The van der Waals surface area contributed by atoms with E-state index in [1.807, 2.05) is 32.0 Å². The molecule has 7 heteroatoms. The number of nitrogens with one attached hydrogen (secondary N) is 2. The summed E-state index contributed by atoms with van der Waals surface area (Å²) in [5.74, 6) is 0.628. The van der Waals surface area contributed by atoms with Crippen LogP contribution in [-0.2, 0) is 0 Å². The van der Waals surface area contributed by atoms with Crippen molar-refractivity contribution in [2.24, 2.45) is 0 Å². The Hall–Kier alpha value is -4.26. The van der Waals surface area contributed by atoms with Crippen molar-refractivity contribution in [2.75, 3.05) is 17.7 Å². The fourth-order valence-corrected chi connectivity index (χ4v) is 3.31. The molecule has 3 aromatic carbocycles. The molecular formula is C26H24N2O5. The number of ether oxygens (including phenoxy) is 2. The highest BCUT2D eigenvalue weighted by Gasteiger charge is 2.16. The number of benzene rings is 3. The van der Waals surface area contributed by atoms with Gasteiger partial charge in [-0.05, 0) is 62.4 Å². The van der Waals surface area contributed by atoms with Gasteiger partial charge in [-0.1, -0.05) is 18.2 Å². The van der Waals surface area contributed by atoms with Crippen LogP contribution in [0, 0.1) is 0 Å². The molecule has 4 aromatic rings. The van der Waals surface area contributed by atoms with E-state index >= 15 is 0 Å². The van der Waals surface area contributed by atoms with Gasteiger partial charge in [-0.15, -0.1) is 0 Å². The number of rotatable bonds is 7. The molecule has 0 aliphatic heterocycles. The summed E-state index contributed by atoms with van der Waals surface area (Å²) in [6.45, 7) is 3.88. The van der Waals surface area contributed by atoms with E-state index in [-0.39, 0.29) is 17.8 Å². The van der Waals surface area contributed by atoms with Gasteiger partial charge in [-0.3, -0.25) is 9.59 Å². The third-order valence-electron chi connectivity index (χ3n) is 4.85. The molecule has 4 rings (SSSR count). The summed E-state index contributed by atoms with van der Waals surface area (Å²) in [4.78, 5) is 25.3. The van der Waals surface area contributed by atoms with Crippen LogP contribution < -0.4 is 20.1 Å². The molecule has 0 unspecified atom stereocenters. The number of hydrogen-bond donors (Lipinski definition) is 2. The molecule has 33 heavy (non-hydrogen) atoms. The lowest BCUT2D eigenvalue weighted by Crippen LogP contribution is -2.14. The fraction of sp³-hybridized carbons (Fsp3) is 0.154. The topological polar surface area (TPSA) is 89.8 Å². The summed E-state index contributed by atoms with van der Waals surface area (Å²) in [6, 6.07) is 21.0. The molecule has 2 N–H and O–H groups in total. The van der Waals surface area contributed by atoms with Gasteiger partial charge in [0, 0.05) is 22.7 Å². The van der Waals surface area contributed by atoms with Gasteiger partial charge in [0.25, 0.3) is 11.8 Å². The Morgan fingerprint density at radius 1 is 0.879 bits per heavy atom. The fourth-order valence-electron chi connectivity index (χ4n) is 3.31. The van der Waals surface area contributed by atoms with E-state index in [2.05, 4.69) is 10.6 Å².